The van der Waals surface area contributed by atoms with E-state index in [1.165, 1.54) is 20.0 Å². The van der Waals surface area contributed by atoms with E-state index in [-0.39, 0.29) is 5.97 Å². The average molecular weight is 296 g/mol. The third kappa shape index (κ3) is 4.19. The summed E-state index contributed by atoms with van der Waals surface area (Å²) in [6.45, 7) is 9.43. The van der Waals surface area contributed by atoms with Gasteiger partial charge >= 0.3 is 5.97 Å². The van der Waals surface area contributed by atoms with Gasteiger partial charge in [0.2, 0.25) is 0 Å². The van der Waals surface area contributed by atoms with E-state index in [9.17, 15) is 4.79 Å². The Hall–Kier alpha value is -0.610. The molecule has 1 atom stereocenters. The lowest BCUT2D eigenvalue weighted by atomic mass is 9.91. The second kappa shape index (κ2) is 7.10. The molecule has 0 spiro atoms. The number of rotatable bonds is 10. The van der Waals surface area contributed by atoms with Gasteiger partial charge in [-0.15, -0.1) is 0 Å². The number of carbonyl (C=O) groups excluding carboxylic acids is 1. The first-order valence-corrected chi connectivity index (χ1v) is 8.61. The highest BCUT2D eigenvalue weighted by atomic mass is 16.5. The maximum atomic E-state index is 12.6. The quantitative estimate of drug-likeness (QED) is 0.629. The van der Waals surface area contributed by atoms with Crippen molar-refractivity contribution in [3.8, 4) is 0 Å². The fourth-order valence-electron chi connectivity index (χ4n) is 3.31. The van der Waals surface area contributed by atoms with Crippen molar-refractivity contribution in [3.05, 3.63) is 0 Å². The number of hydrogen-bond acceptors (Lipinski definition) is 4. The lowest BCUT2D eigenvalue weighted by molar-refractivity contribution is -0.151. The highest BCUT2D eigenvalue weighted by molar-refractivity contribution is 5.82. The molecule has 21 heavy (non-hydrogen) atoms. The molecule has 0 radical (unpaired) electrons. The van der Waals surface area contributed by atoms with Gasteiger partial charge in [-0.1, -0.05) is 20.8 Å². The summed E-state index contributed by atoms with van der Waals surface area (Å²) in [5.41, 5.74) is -0.484. The third-order valence-electron chi connectivity index (χ3n) is 4.63. The average Bonchev–Trinajstić information content (AvgIpc) is 3.30. The molecule has 0 aromatic carbocycles. The molecule has 0 heterocycles. The van der Waals surface area contributed by atoms with E-state index in [0.717, 1.165) is 38.9 Å². The maximum Gasteiger partial charge on any atom is 0.327 e. The van der Waals surface area contributed by atoms with Crippen LogP contribution in [0.15, 0.2) is 0 Å². The maximum absolute atomic E-state index is 12.6. The van der Waals surface area contributed by atoms with Gasteiger partial charge in [-0.3, -0.25) is 4.90 Å². The van der Waals surface area contributed by atoms with Crippen LogP contribution in [0.4, 0.5) is 0 Å². The molecular weight excluding hydrogens is 264 g/mol. The largest absolute Gasteiger partial charge is 0.468 e. The smallest absolute Gasteiger partial charge is 0.327 e. The second-order valence-electron chi connectivity index (χ2n) is 7.22. The van der Waals surface area contributed by atoms with E-state index in [1.54, 1.807) is 0 Å². The van der Waals surface area contributed by atoms with Crippen molar-refractivity contribution in [2.45, 2.75) is 64.5 Å². The van der Waals surface area contributed by atoms with Crippen LogP contribution in [0.5, 0.6) is 0 Å². The van der Waals surface area contributed by atoms with Crippen LogP contribution in [0.1, 0.15) is 52.9 Å². The molecule has 1 unspecified atom stereocenters. The molecular formula is C17H32N2O2. The Morgan fingerprint density at radius 2 is 2.00 bits per heavy atom. The van der Waals surface area contributed by atoms with Crippen LogP contribution < -0.4 is 5.32 Å². The molecule has 0 amide bonds. The van der Waals surface area contributed by atoms with Gasteiger partial charge in [0, 0.05) is 19.1 Å². The molecule has 4 heteroatoms. The van der Waals surface area contributed by atoms with Gasteiger partial charge in [-0.05, 0) is 50.5 Å². The first kappa shape index (κ1) is 16.8. The van der Waals surface area contributed by atoms with Crippen LogP contribution in [-0.2, 0) is 9.53 Å². The van der Waals surface area contributed by atoms with Crippen LogP contribution in [0.3, 0.4) is 0 Å². The zero-order valence-corrected chi connectivity index (χ0v) is 14.2. The Labute approximate surface area is 129 Å². The highest BCUT2D eigenvalue weighted by Gasteiger charge is 2.53. The van der Waals surface area contributed by atoms with Crippen LogP contribution in [0.25, 0.3) is 0 Å². The Morgan fingerprint density at radius 3 is 2.43 bits per heavy atom. The lowest BCUT2D eigenvalue weighted by Crippen LogP contribution is -2.62. The van der Waals surface area contributed by atoms with Crippen molar-refractivity contribution in [2.75, 3.05) is 26.7 Å². The minimum atomic E-state index is -0.484. The van der Waals surface area contributed by atoms with Crippen molar-refractivity contribution < 1.29 is 9.53 Å². The van der Waals surface area contributed by atoms with Crippen molar-refractivity contribution in [2.24, 2.45) is 11.8 Å². The Kier molecular flexibility index (Phi) is 5.67. The second-order valence-corrected chi connectivity index (χ2v) is 7.22. The van der Waals surface area contributed by atoms with Gasteiger partial charge in [0.05, 0.1) is 7.11 Å². The zero-order valence-electron chi connectivity index (χ0n) is 14.2. The number of hydrogen-bond donors (Lipinski definition) is 1. The Morgan fingerprint density at radius 1 is 1.33 bits per heavy atom. The molecule has 4 nitrogen and oxygen atoms in total. The van der Waals surface area contributed by atoms with Crippen molar-refractivity contribution in [3.63, 3.8) is 0 Å². The summed E-state index contributed by atoms with van der Waals surface area (Å²) in [4.78, 5) is 15.1. The van der Waals surface area contributed by atoms with E-state index in [2.05, 4.69) is 31.0 Å². The summed E-state index contributed by atoms with van der Waals surface area (Å²) in [5.74, 6) is 1.02. The van der Waals surface area contributed by atoms with E-state index in [1.807, 2.05) is 0 Å². The van der Waals surface area contributed by atoms with Crippen LogP contribution in [-0.4, -0.2) is 49.2 Å². The summed E-state index contributed by atoms with van der Waals surface area (Å²) in [7, 11) is 1.52. The van der Waals surface area contributed by atoms with Gasteiger partial charge in [0.25, 0.3) is 0 Å². The summed E-state index contributed by atoms with van der Waals surface area (Å²) in [6, 6.07) is 0.679. The minimum Gasteiger partial charge on any atom is -0.468 e. The first-order valence-electron chi connectivity index (χ1n) is 8.61. The summed E-state index contributed by atoms with van der Waals surface area (Å²) < 4.78 is 5.19. The summed E-state index contributed by atoms with van der Waals surface area (Å²) in [5, 5.41) is 3.57. The van der Waals surface area contributed by atoms with E-state index in [4.69, 9.17) is 4.74 Å². The molecule has 1 N–H and O–H groups in total. The van der Waals surface area contributed by atoms with Crippen LogP contribution in [0, 0.1) is 11.8 Å². The fourth-order valence-corrected chi connectivity index (χ4v) is 3.31. The topological polar surface area (TPSA) is 41.6 Å². The van der Waals surface area contributed by atoms with Crippen molar-refractivity contribution in [1.29, 1.82) is 0 Å². The predicted molar refractivity (Wildman–Crippen MR) is 85.2 cm³/mol. The molecule has 2 aliphatic carbocycles. The van der Waals surface area contributed by atoms with Gasteiger partial charge < -0.3 is 10.1 Å². The molecule has 0 aromatic rings. The number of ether oxygens (including phenoxy) is 1. The normalized spacial score (nSPS) is 21.6. The number of carbonyl (C=O) groups is 1. The molecule has 2 aliphatic rings. The fraction of sp³-hybridized carbons (Fsp3) is 0.941. The van der Waals surface area contributed by atoms with Crippen LogP contribution in [0.2, 0.25) is 0 Å². The molecule has 122 valence electrons. The lowest BCUT2D eigenvalue weighted by Gasteiger charge is -2.38. The van der Waals surface area contributed by atoms with E-state index < -0.39 is 5.54 Å². The SMILES string of the molecule is CCCNC(CN(CC(C)C)C1CC1)(C(=O)OC)C1CC1. The Bertz CT molecular complexity index is 351. The number of esters is 1. The van der Waals surface area contributed by atoms with Crippen molar-refractivity contribution >= 4 is 5.97 Å². The molecule has 0 saturated heterocycles. The van der Waals surface area contributed by atoms with Gasteiger partial charge in [0.15, 0.2) is 0 Å². The van der Waals surface area contributed by atoms with Gasteiger partial charge in [-0.25, -0.2) is 4.79 Å². The van der Waals surface area contributed by atoms with E-state index >= 15 is 0 Å². The van der Waals surface area contributed by atoms with E-state index in [0.29, 0.717) is 17.9 Å². The highest BCUT2D eigenvalue weighted by Crippen LogP contribution is 2.42. The first-order chi connectivity index (χ1) is 10.0. The van der Waals surface area contributed by atoms with Gasteiger partial charge in [-0.2, -0.15) is 0 Å². The minimum absolute atomic E-state index is 0.0622. The number of methoxy groups -OCH3 is 1. The number of nitrogens with one attached hydrogen (secondary N) is 1. The molecule has 2 saturated carbocycles. The van der Waals surface area contributed by atoms with Crippen LogP contribution >= 0.6 is 0 Å². The number of nitrogens with zero attached hydrogens (tertiary/aromatic N) is 1. The molecule has 2 fully saturated rings. The summed E-state index contributed by atoms with van der Waals surface area (Å²) in [6.07, 6.45) is 5.89. The molecule has 2 rings (SSSR count). The third-order valence-corrected chi connectivity index (χ3v) is 4.63. The predicted octanol–water partition coefficient (Wildman–Crippen LogP) is 2.43. The zero-order chi connectivity index (χ0) is 15.5. The standard InChI is InChI=1S/C17H32N2O2/c1-5-10-18-17(14-6-7-14,16(20)21-4)12-19(11-13(2)3)15-8-9-15/h13-15,18H,5-12H2,1-4H3. The monoisotopic (exact) mass is 296 g/mol. The summed E-state index contributed by atoms with van der Waals surface area (Å²) >= 11 is 0. The Balaban J connectivity index is 2.13. The molecule has 0 aromatic heterocycles. The van der Waals surface area contributed by atoms with Gasteiger partial charge in [0.1, 0.15) is 5.54 Å². The van der Waals surface area contributed by atoms with Crippen molar-refractivity contribution in [1.82, 2.24) is 10.2 Å². The molecule has 0 bridgehead atoms. The molecule has 0 aliphatic heterocycles.